The molecule has 4 aromatic rings. The van der Waals surface area contributed by atoms with Crippen molar-refractivity contribution >= 4 is 21.9 Å². The average Bonchev–Trinajstić information content (AvgIpc) is 3.12. The third kappa shape index (κ3) is 3.58. The second kappa shape index (κ2) is 7.03. The van der Waals surface area contributed by atoms with Crippen molar-refractivity contribution in [2.75, 3.05) is 6.54 Å². The minimum absolute atomic E-state index is 0.0994. The van der Waals surface area contributed by atoms with Gasteiger partial charge >= 0.3 is 0 Å². The minimum Gasteiger partial charge on any atom is -0.311 e. The van der Waals surface area contributed by atoms with Crippen molar-refractivity contribution in [3.05, 3.63) is 51.5 Å². The fourth-order valence-electron chi connectivity index (χ4n) is 3.95. The second-order valence-corrected chi connectivity index (χ2v) is 8.94. The Morgan fingerprint density at radius 1 is 1.10 bits per heavy atom. The maximum absolute atomic E-state index is 12.1. The number of aryl methyl sites for hydroxylation is 2. The van der Waals surface area contributed by atoms with E-state index >= 15 is 0 Å². The van der Waals surface area contributed by atoms with Crippen LogP contribution in [0.25, 0.3) is 22.0 Å². The number of hydrogen-bond acceptors (Lipinski definition) is 6. The molecule has 2 fully saturated rings. The molecule has 0 atom stereocenters. The van der Waals surface area contributed by atoms with Crippen molar-refractivity contribution in [3.63, 3.8) is 0 Å². The molecule has 29 heavy (non-hydrogen) atoms. The largest absolute Gasteiger partial charge is 0.311 e. The van der Waals surface area contributed by atoms with Gasteiger partial charge in [0.1, 0.15) is 5.69 Å². The zero-order valence-electron chi connectivity index (χ0n) is 16.7. The van der Waals surface area contributed by atoms with Crippen molar-refractivity contribution in [2.45, 2.75) is 51.5 Å². The van der Waals surface area contributed by atoms with Crippen LogP contribution in [0.1, 0.15) is 43.4 Å². The molecule has 1 saturated heterocycles. The monoisotopic (exact) mass is 408 g/mol. The molecule has 0 bridgehead atoms. The fourth-order valence-corrected chi connectivity index (χ4v) is 4.67. The molecule has 1 aliphatic carbocycles. The molecule has 6 rings (SSSR count). The lowest BCUT2D eigenvalue weighted by Gasteiger charge is -2.22. The number of nitrogens with zero attached hydrogens (tertiary/aromatic N) is 5. The molecule has 5 heterocycles. The van der Waals surface area contributed by atoms with E-state index in [9.17, 15) is 4.79 Å². The molecule has 0 unspecified atom stereocenters. The van der Waals surface area contributed by atoms with Crippen LogP contribution in [0.3, 0.4) is 0 Å². The van der Waals surface area contributed by atoms with Gasteiger partial charge in [0.15, 0.2) is 10.6 Å². The molecule has 7 nitrogen and oxygen atoms in total. The van der Waals surface area contributed by atoms with Gasteiger partial charge in [0.05, 0.1) is 17.6 Å². The van der Waals surface area contributed by atoms with Crippen LogP contribution in [0.2, 0.25) is 0 Å². The Bertz CT molecular complexity index is 1240. The van der Waals surface area contributed by atoms with Crippen molar-refractivity contribution in [1.29, 1.82) is 0 Å². The van der Waals surface area contributed by atoms with Gasteiger partial charge in [-0.2, -0.15) is 5.10 Å². The van der Waals surface area contributed by atoms with Gasteiger partial charge in [-0.25, -0.2) is 14.5 Å². The van der Waals surface area contributed by atoms with Crippen LogP contribution in [-0.2, 0) is 0 Å². The number of aromatic nitrogens is 5. The highest BCUT2D eigenvalue weighted by Gasteiger charge is 2.42. The van der Waals surface area contributed by atoms with Gasteiger partial charge in [0, 0.05) is 23.2 Å². The van der Waals surface area contributed by atoms with Gasteiger partial charge in [-0.15, -0.1) is 11.3 Å². The summed E-state index contributed by atoms with van der Waals surface area (Å²) in [6.07, 6.45) is 10.8. The van der Waals surface area contributed by atoms with Gasteiger partial charge in [-0.3, -0.25) is 9.20 Å². The number of piperidine rings is 1. The topological polar surface area (TPSA) is 76.6 Å². The van der Waals surface area contributed by atoms with E-state index in [1.807, 2.05) is 31.5 Å². The summed E-state index contributed by atoms with van der Waals surface area (Å²) in [4.78, 5) is 21.7. The van der Waals surface area contributed by atoms with Gasteiger partial charge in [0.25, 0.3) is 5.56 Å². The maximum atomic E-state index is 12.1. The molecule has 2 aliphatic rings. The van der Waals surface area contributed by atoms with Gasteiger partial charge in [0.2, 0.25) is 0 Å². The lowest BCUT2D eigenvalue weighted by atomic mass is 10.0. The van der Waals surface area contributed by atoms with E-state index in [1.54, 1.807) is 10.7 Å². The van der Waals surface area contributed by atoms with E-state index in [0.29, 0.717) is 21.9 Å². The molecule has 1 spiro atoms. The summed E-state index contributed by atoms with van der Waals surface area (Å²) in [6.45, 7) is 5.18. The molecule has 150 valence electrons. The number of thiazole rings is 1. The van der Waals surface area contributed by atoms with E-state index in [0.717, 1.165) is 16.9 Å². The summed E-state index contributed by atoms with van der Waals surface area (Å²) in [5, 5.41) is 9.92. The predicted molar refractivity (Wildman–Crippen MR) is 115 cm³/mol. The molecule has 1 aliphatic heterocycles. The standard InChI is InChI=1S/C14H11N5OS.C7H13N/c1-8-5-11(17-19-7-9(2)15-13(8)19)10-6-12(20)18-3-4-21-14(18)16-10;1-2-6-8-7(3-1)4-5-7/h3-7H,1-2H3;8H,1-6H2. The molecule has 1 N–H and O–H groups in total. The Labute approximate surface area is 172 Å². The smallest absolute Gasteiger partial charge is 0.259 e. The highest BCUT2D eigenvalue weighted by molar-refractivity contribution is 7.15. The lowest BCUT2D eigenvalue weighted by molar-refractivity contribution is 0.385. The fraction of sp³-hybridized carbons (Fsp3) is 0.429. The van der Waals surface area contributed by atoms with Crippen molar-refractivity contribution in [3.8, 4) is 11.4 Å². The first-order valence-electron chi connectivity index (χ1n) is 10.1. The van der Waals surface area contributed by atoms with E-state index in [-0.39, 0.29) is 5.56 Å². The summed E-state index contributed by atoms with van der Waals surface area (Å²) in [7, 11) is 0. The molecular formula is C21H24N6OS. The molecule has 0 radical (unpaired) electrons. The van der Waals surface area contributed by atoms with Gasteiger partial charge in [-0.1, -0.05) is 6.42 Å². The molecule has 8 heteroatoms. The highest BCUT2D eigenvalue weighted by atomic mass is 32.1. The number of nitrogens with one attached hydrogen (secondary N) is 1. The van der Waals surface area contributed by atoms with E-state index in [2.05, 4.69) is 20.4 Å². The van der Waals surface area contributed by atoms with E-state index in [1.165, 1.54) is 60.5 Å². The first kappa shape index (κ1) is 18.4. The lowest BCUT2D eigenvalue weighted by Crippen LogP contribution is -2.35. The second-order valence-electron chi connectivity index (χ2n) is 8.06. The minimum atomic E-state index is -0.0994. The van der Waals surface area contributed by atoms with Crippen LogP contribution in [-0.4, -0.2) is 36.1 Å². The Morgan fingerprint density at radius 3 is 2.69 bits per heavy atom. The highest BCUT2D eigenvalue weighted by Crippen LogP contribution is 2.41. The Hall–Kier alpha value is -2.58. The number of imidazole rings is 1. The average molecular weight is 409 g/mol. The number of fused-ring (bicyclic) bond motifs is 2. The predicted octanol–water partition coefficient (Wildman–Crippen LogP) is 3.38. The molecule has 0 amide bonds. The molecule has 1 saturated carbocycles. The third-order valence-electron chi connectivity index (χ3n) is 5.73. The molecule has 0 aromatic carbocycles. The summed E-state index contributed by atoms with van der Waals surface area (Å²) in [5.74, 6) is 0. The van der Waals surface area contributed by atoms with Crippen molar-refractivity contribution in [1.82, 2.24) is 29.3 Å². The summed E-state index contributed by atoms with van der Waals surface area (Å²) >= 11 is 1.43. The number of rotatable bonds is 1. The van der Waals surface area contributed by atoms with E-state index < -0.39 is 0 Å². The van der Waals surface area contributed by atoms with Crippen LogP contribution in [0, 0.1) is 13.8 Å². The van der Waals surface area contributed by atoms with Crippen LogP contribution in [0.5, 0.6) is 0 Å². The summed E-state index contributed by atoms with van der Waals surface area (Å²) in [6, 6.07) is 3.42. The Morgan fingerprint density at radius 2 is 1.97 bits per heavy atom. The van der Waals surface area contributed by atoms with Crippen molar-refractivity contribution < 1.29 is 0 Å². The van der Waals surface area contributed by atoms with Crippen molar-refractivity contribution in [2.24, 2.45) is 0 Å². The van der Waals surface area contributed by atoms with Crippen LogP contribution >= 0.6 is 11.3 Å². The quantitative estimate of drug-likeness (QED) is 0.523. The molecule has 4 aromatic heterocycles. The van der Waals surface area contributed by atoms with Crippen LogP contribution < -0.4 is 10.9 Å². The van der Waals surface area contributed by atoms with Gasteiger partial charge in [-0.05, 0) is 57.7 Å². The number of hydrogen-bond donors (Lipinski definition) is 1. The summed E-state index contributed by atoms with van der Waals surface area (Å²) < 4.78 is 3.26. The first-order chi connectivity index (χ1) is 14.0. The third-order valence-corrected chi connectivity index (χ3v) is 6.49. The normalized spacial score (nSPS) is 17.4. The van der Waals surface area contributed by atoms with Gasteiger partial charge < -0.3 is 5.32 Å². The zero-order valence-corrected chi connectivity index (χ0v) is 17.5. The maximum Gasteiger partial charge on any atom is 0.259 e. The SMILES string of the molecule is C1CCC2(CC2)NC1.Cc1cn2nc(-c3cc(=O)n4ccsc4n3)cc(C)c2n1. The zero-order chi connectivity index (χ0) is 20.0. The van der Waals surface area contributed by atoms with E-state index in [4.69, 9.17) is 0 Å². The first-order valence-corrected chi connectivity index (χ1v) is 11.0. The Balaban J connectivity index is 0.000000189. The van der Waals surface area contributed by atoms with Crippen LogP contribution in [0.4, 0.5) is 0 Å². The Kier molecular flexibility index (Phi) is 4.48. The summed E-state index contributed by atoms with van der Waals surface area (Å²) in [5.41, 5.74) is 4.57. The molecular weight excluding hydrogens is 384 g/mol. The van der Waals surface area contributed by atoms with Crippen LogP contribution in [0.15, 0.2) is 34.7 Å².